The third-order valence-electron chi connectivity index (χ3n) is 4.13. The second kappa shape index (κ2) is 7.12. The SMILES string of the molecule is O=C1CC[C@@H]([N+](=O)[O-])[C@@H](c2ccc(OCc3ccccc3)cc2)N1. The molecule has 0 aromatic heterocycles. The summed E-state index contributed by atoms with van der Waals surface area (Å²) in [5, 5.41) is 13.9. The highest BCUT2D eigenvalue weighted by molar-refractivity contribution is 5.77. The molecule has 2 aromatic carbocycles. The number of amides is 1. The Labute approximate surface area is 139 Å². The lowest BCUT2D eigenvalue weighted by Gasteiger charge is -2.26. The van der Waals surface area contributed by atoms with E-state index in [2.05, 4.69) is 5.32 Å². The molecule has 124 valence electrons. The third kappa shape index (κ3) is 3.71. The van der Waals surface area contributed by atoms with Crippen LogP contribution in [-0.2, 0) is 11.4 Å². The zero-order chi connectivity index (χ0) is 16.9. The summed E-state index contributed by atoms with van der Waals surface area (Å²) in [5.74, 6) is 0.532. The minimum Gasteiger partial charge on any atom is -0.489 e. The second-order valence-electron chi connectivity index (χ2n) is 5.78. The Balaban J connectivity index is 1.68. The topological polar surface area (TPSA) is 81.5 Å². The highest BCUT2D eigenvalue weighted by atomic mass is 16.6. The van der Waals surface area contributed by atoms with E-state index in [0.717, 1.165) is 11.1 Å². The lowest BCUT2D eigenvalue weighted by molar-refractivity contribution is -0.529. The predicted molar refractivity (Wildman–Crippen MR) is 88.1 cm³/mol. The van der Waals surface area contributed by atoms with Crippen LogP contribution in [0.3, 0.4) is 0 Å². The number of hydrogen-bond acceptors (Lipinski definition) is 4. The van der Waals surface area contributed by atoms with Crippen LogP contribution < -0.4 is 10.1 Å². The van der Waals surface area contributed by atoms with Crippen molar-refractivity contribution < 1.29 is 14.5 Å². The van der Waals surface area contributed by atoms with E-state index in [0.29, 0.717) is 12.4 Å². The molecule has 0 spiro atoms. The number of carbonyl (C=O) groups is 1. The molecule has 2 aromatic rings. The number of hydrogen-bond donors (Lipinski definition) is 1. The summed E-state index contributed by atoms with van der Waals surface area (Å²) in [5.41, 5.74) is 1.78. The van der Waals surface area contributed by atoms with Gasteiger partial charge in [0.25, 0.3) is 0 Å². The largest absolute Gasteiger partial charge is 0.489 e. The molecule has 0 aliphatic carbocycles. The zero-order valence-electron chi connectivity index (χ0n) is 13.1. The normalized spacial score (nSPS) is 20.2. The summed E-state index contributed by atoms with van der Waals surface area (Å²) < 4.78 is 5.71. The molecular weight excluding hydrogens is 308 g/mol. The van der Waals surface area contributed by atoms with E-state index in [4.69, 9.17) is 4.74 Å². The Kier molecular flexibility index (Phi) is 4.74. The number of ether oxygens (including phenoxy) is 1. The molecule has 1 aliphatic heterocycles. The lowest BCUT2D eigenvalue weighted by Crippen LogP contribution is -2.45. The van der Waals surface area contributed by atoms with Gasteiger partial charge in [-0.2, -0.15) is 0 Å². The minimum atomic E-state index is -0.793. The van der Waals surface area contributed by atoms with Gasteiger partial charge in [0.2, 0.25) is 11.9 Å². The third-order valence-corrected chi connectivity index (χ3v) is 4.13. The van der Waals surface area contributed by atoms with Gasteiger partial charge in [-0.1, -0.05) is 42.5 Å². The van der Waals surface area contributed by atoms with Crippen LogP contribution in [-0.4, -0.2) is 16.9 Å². The molecule has 1 N–H and O–H groups in total. The van der Waals surface area contributed by atoms with Gasteiger partial charge in [-0.15, -0.1) is 0 Å². The van der Waals surface area contributed by atoms with Crippen LogP contribution in [0.5, 0.6) is 5.75 Å². The number of piperidine rings is 1. The maximum atomic E-state index is 11.6. The van der Waals surface area contributed by atoms with Crippen LogP contribution in [0.4, 0.5) is 0 Å². The van der Waals surface area contributed by atoms with E-state index in [9.17, 15) is 14.9 Å². The number of rotatable bonds is 5. The lowest BCUT2D eigenvalue weighted by atomic mass is 9.92. The van der Waals surface area contributed by atoms with E-state index in [1.807, 2.05) is 30.3 Å². The van der Waals surface area contributed by atoms with E-state index >= 15 is 0 Å². The zero-order valence-corrected chi connectivity index (χ0v) is 13.1. The van der Waals surface area contributed by atoms with Gasteiger partial charge in [0.15, 0.2) is 0 Å². The van der Waals surface area contributed by atoms with Crippen molar-refractivity contribution in [3.63, 3.8) is 0 Å². The van der Waals surface area contributed by atoms with Crippen LogP contribution in [0.25, 0.3) is 0 Å². The molecule has 3 rings (SSSR count). The molecule has 1 saturated heterocycles. The smallest absolute Gasteiger partial charge is 0.237 e. The Morgan fingerprint density at radius 2 is 1.83 bits per heavy atom. The summed E-state index contributed by atoms with van der Waals surface area (Å²) in [6.45, 7) is 0.456. The Morgan fingerprint density at radius 1 is 1.12 bits per heavy atom. The average molecular weight is 326 g/mol. The van der Waals surface area contributed by atoms with Crippen molar-refractivity contribution in [1.82, 2.24) is 5.32 Å². The molecule has 24 heavy (non-hydrogen) atoms. The highest BCUT2D eigenvalue weighted by Crippen LogP contribution is 2.27. The molecule has 1 aliphatic rings. The summed E-state index contributed by atoms with van der Waals surface area (Å²) in [6.07, 6.45) is 0.455. The van der Waals surface area contributed by atoms with Crippen LogP contribution in [0.1, 0.15) is 30.0 Å². The minimum absolute atomic E-state index is 0.150. The van der Waals surface area contributed by atoms with Gasteiger partial charge in [0.05, 0.1) is 0 Å². The molecule has 0 unspecified atom stereocenters. The summed E-state index contributed by atoms with van der Waals surface area (Å²) in [7, 11) is 0. The standard InChI is InChI=1S/C18H18N2O4/c21-17-11-10-16(20(22)23)18(19-17)14-6-8-15(9-7-14)24-12-13-4-2-1-3-5-13/h1-9,16,18H,10-12H2,(H,19,21)/t16-,18-/m1/s1. The van der Waals surface area contributed by atoms with Crippen LogP contribution in [0.15, 0.2) is 54.6 Å². The number of carbonyl (C=O) groups excluding carboxylic acids is 1. The van der Waals surface area contributed by atoms with E-state index in [-0.39, 0.29) is 23.7 Å². The van der Waals surface area contributed by atoms with Gasteiger partial charge < -0.3 is 10.1 Å². The summed E-state index contributed by atoms with van der Waals surface area (Å²) >= 11 is 0. The average Bonchev–Trinajstić information content (AvgIpc) is 2.61. The molecule has 0 saturated carbocycles. The highest BCUT2D eigenvalue weighted by Gasteiger charge is 2.37. The van der Waals surface area contributed by atoms with Crippen LogP contribution in [0.2, 0.25) is 0 Å². The quantitative estimate of drug-likeness (QED) is 0.676. The fourth-order valence-corrected chi connectivity index (χ4v) is 2.83. The first-order chi connectivity index (χ1) is 11.6. The molecule has 1 amide bonds. The van der Waals surface area contributed by atoms with Crippen LogP contribution >= 0.6 is 0 Å². The van der Waals surface area contributed by atoms with Gasteiger partial charge in [-0.05, 0) is 23.3 Å². The molecule has 0 bridgehead atoms. The van der Waals surface area contributed by atoms with E-state index < -0.39 is 12.1 Å². The van der Waals surface area contributed by atoms with E-state index in [1.54, 1.807) is 24.3 Å². The van der Waals surface area contributed by atoms with Crippen molar-refractivity contribution in [3.05, 3.63) is 75.8 Å². The number of nitro groups is 1. The van der Waals surface area contributed by atoms with E-state index in [1.165, 1.54) is 0 Å². The van der Waals surface area contributed by atoms with Gasteiger partial charge in [0, 0.05) is 17.8 Å². The van der Waals surface area contributed by atoms with Crippen LogP contribution in [0, 0.1) is 10.1 Å². The number of nitrogens with one attached hydrogen (secondary N) is 1. The predicted octanol–water partition coefficient (Wildman–Crippen LogP) is 2.86. The molecule has 1 fully saturated rings. The molecule has 1 heterocycles. The fourth-order valence-electron chi connectivity index (χ4n) is 2.83. The summed E-state index contributed by atoms with van der Waals surface area (Å²) in [6, 6.07) is 15.5. The first-order valence-corrected chi connectivity index (χ1v) is 7.83. The van der Waals surface area contributed by atoms with Crippen molar-refractivity contribution in [1.29, 1.82) is 0 Å². The Hall–Kier alpha value is -2.89. The first-order valence-electron chi connectivity index (χ1n) is 7.83. The summed E-state index contributed by atoms with van der Waals surface area (Å²) in [4.78, 5) is 22.5. The fraction of sp³-hybridized carbons (Fsp3) is 0.278. The molecule has 0 radical (unpaired) electrons. The van der Waals surface area contributed by atoms with Crippen molar-refractivity contribution >= 4 is 5.91 Å². The second-order valence-corrected chi connectivity index (χ2v) is 5.78. The van der Waals surface area contributed by atoms with Crippen molar-refractivity contribution in [3.8, 4) is 5.75 Å². The Bertz CT molecular complexity index is 716. The van der Waals surface area contributed by atoms with Crippen molar-refractivity contribution in [2.24, 2.45) is 0 Å². The first kappa shape index (κ1) is 16.0. The van der Waals surface area contributed by atoms with Crippen molar-refractivity contribution in [2.75, 3.05) is 0 Å². The monoisotopic (exact) mass is 326 g/mol. The number of benzene rings is 2. The maximum Gasteiger partial charge on any atom is 0.237 e. The maximum absolute atomic E-state index is 11.6. The number of nitrogens with zero attached hydrogens (tertiary/aromatic N) is 1. The van der Waals surface area contributed by atoms with Crippen molar-refractivity contribution in [2.45, 2.75) is 31.5 Å². The molecule has 6 heteroatoms. The van der Waals surface area contributed by atoms with Gasteiger partial charge in [0.1, 0.15) is 18.4 Å². The molecule has 6 nitrogen and oxygen atoms in total. The Morgan fingerprint density at radius 3 is 2.50 bits per heavy atom. The van der Waals surface area contributed by atoms with Gasteiger partial charge in [-0.3, -0.25) is 14.9 Å². The van der Waals surface area contributed by atoms with Gasteiger partial charge >= 0.3 is 0 Å². The molecular formula is C18H18N2O4. The van der Waals surface area contributed by atoms with Gasteiger partial charge in [-0.25, -0.2) is 0 Å². The molecule has 2 atom stereocenters.